The maximum Gasteiger partial charge on any atom is 0.338 e. The van der Waals surface area contributed by atoms with E-state index in [4.69, 9.17) is 4.74 Å². The van der Waals surface area contributed by atoms with Crippen molar-refractivity contribution in [2.75, 3.05) is 13.7 Å². The van der Waals surface area contributed by atoms with Crippen LogP contribution in [0.2, 0.25) is 0 Å². The topological polar surface area (TPSA) is 56.1 Å². The van der Waals surface area contributed by atoms with Crippen LogP contribution in [0, 0.1) is 11.6 Å². The van der Waals surface area contributed by atoms with Crippen LogP contribution in [-0.2, 0) is 16.8 Å². The summed E-state index contributed by atoms with van der Waals surface area (Å²) in [6.07, 6.45) is 5.35. The molecule has 0 fully saturated rings. The first-order valence-electron chi connectivity index (χ1n) is 10.9. The van der Waals surface area contributed by atoms with Gasteiger partial charge in [-0.05, 0) is 60.0 Å². The fraction of sp³-hybridized carbons (Fsp3) is 0.185. The highest BCUT2D eigenvalue weighted by Crippen LogP contribution is 2.34. The van der Waals surface area contributed by atoms with Gasteiger partial charge in [-0.2, -0.15) is 0 Å². The molecule has 34 heavy (non-hydrogen) atoms. The lowest BCUT2D eigenvalue weighted by Crippen LogP contribution is -2.49. The quantitative estimate of drug-likeness (QED) is 0.380. The Balaban J connectivity index is 1.88. The van der Waals surface area contributed by atoms with Crippen LogP contribution in [0.1, 0.15) is 39.5 Å². The van der Waals surface area contributed by atoms with Crippen molar-refractivity contribution in [2.24, 2.45) is 0 Å². The fourth-order valence-corrected chi connectivity index (χ4v) is 4.30. The van der Waals surface area contributed by atoms with Crippen LogP contribution in [-0.4, -0.2) is 29.2 Å². The van der Waals surface area contributed by atoms with Gasteiger partial charge in [-0.1, -0.05) is 43.3 Å². The van der Waals surface area contributed by atoms with E-state index in [2.05, 4.69) is 10.3 Å². The molecule has 1 heterocycles. The summed E-state index contributed by atoms with van der Waals surface area (Å²) < 4.78 is 36.0. The fourth-order valence-electron chi connectivity index (χ4n) is 4.30. The Labute approximate surface area is 197 Å². The number of carbonyl (C=O) groups is 1. The van der Waals surface area contributed by atoms with E-state index in [9.17, 15) is 9.18 Å². The lowest BCUT2D eigenvalue weighted by Gasteiger charge is -2.37. The third kappa shape index (κ3) is 4.34. The number of methoxy groups -OCH3 is 1. The molecule has 0 aliphatic carbocycles. The first-order valence-corrected chi connectivity index (χ1v) is 10.9. The molecule has 3 aromatic carbocycles. The van der Waals surface area contributed by atoms with Gasteiger partial charge < -0.3 is 9.30 Å². The summed E-state index contributed by atoms with van der Waals surface area (Å²) >= 11 is 0. The normalized spacial score (nSPS) is 12.8. The number of hydrogen-bond acceptors (Lipinski definition) is 4. The monoisotopic (exact) mass is 461 g/mol. The molecular weight excluding hydrogens is 436 g/mol. The van der Waals surface area contributed by atoms with E-state index in [-0.39, 0.29) is 5.82 Å². The van der Waals surface area contributed by atoms with Gasteiger partial charge in [0.15, 0.2) is 5.66 Å². The summed E-state index contributed by atoms with van der Waals surface area (Å²) in [5, 5.41) is 3.41. The SMILES string of the molecule is CCNC(c1ccc(F)cc1)(c1cc(Cc2ccccc2C(=O)OC)ccc1F)n1ccnc1. The second kappa shape index (κ2) is 9.97. The van der Waals surface area contributed by atoms with Crippen molar-refractivity contribution in [2.45, 2.75) is 19.0 Å². The minimum atomic E-state index is -1.17. The third-order valence-electron chi connectivity index (χ3n) is 5.82. The number of hydrogen-bond donors (Lipinski definition) is 1. The van der Waals surface area contributed by atoms with E-state index in [1.165, 1.54) is 25.3 Å². The van der Waals surface area contributed by atoms with Gasteiger partial charge in [0.2, 0.25) is 0 Å². The standard InChI is InChI=1S/C27H25F2N3O2/c1-3-31-27(32-15-14-30-18-32,21-9-11-22(28)12-10-21)24-17-19(8-13-25(24)29)16-20-6-4-5-7-23(20)26(33)34-2/h4-15,17-18,31H,3,16H2,1-2H3. The minimum absolute atomic E-state index is 0.354. The van der Waals surface area contributed by atoms with Crippen molar-refractivity contribution in [3.8, 4) is 0 Å². The Morgan fingerprint density at radius 2 is 1.85 bits per heavy atom. The molecular formula is C27H25F2N3O2. The number of rotatable bonds is 8. The minimum Gasteiger partial charge on any atom is -0.465 e. The molecule has 174 valence electrons. The summed E-state index contributed by atoms with van der Waals surface area (Å²) in [6, 6.07) is 18.0. The molecule has 1 aromatic heterocycles. The Kier molecular flexibility index (Phi) is 6.84. The zero-order valence-electron chi connectivity index (χ0n) is 19.0. The second-order valence-corrected chi connectivity index (χ2v) is 7.86. The van der Waals surface area contributed by atoms with E-state index in [1.54, 1.807) is 59.7 Å². The van der Waals surface area contributed by atoms with E-state index in [0.717, 1.165) is 11.1 Å². The Morgan fingerprint density at radius 1 is 1.09 bits per heavy atom. The zero-order valence-corrected chi connectivity index (χ0v) is 19.0. The van der Waals surface area contributed by atoms with E-state index < -0.39 is 17.4 Å². The van der Waals surface area contributed by atoms with Crippen LogP contribution in [0.25, 0.3) is 0 Å². The predicted molar refractivity (Wildman–Crippen MR) is 125 cm³/mol. The number of nitrogens with one attached hydrogen (secondary N) is 1. The number of nitrogens with zero attached hydrogens (tertiary/aromatic N) is 2. The molecule has 0 saturated carbocycles. The van der Waals surface area contributed by atoms with Crippen molar-refractivity contribution >= 4 is 5.97 Å². The van der Waals surface area contributed by atoms with Gasteiger partial charge in [0.05, 0.1) is 19.0 Å². The number of carbonyl (C=O) groups excluding carboxylic acids is 1. The summed E-state index contributed by atoms with van der Waals surface area (Å²) in [4.78, 5) is 16.4. The molecule has 0 bridgehead atoms. The van der Waals surface area contributed by atoms with Crippen LogP contribution in [0.3, 0.4) is 0 Å². The van der Waals surface area contributed by atoms with Gasteiger partial charge in [0, 0.05) is 18.0 Å². The van der Waals surface area contributed by atoms with Crippen LogP contribution in [0.15, 0.2) is 85.5 Å². The van der Waals surface area contributed by atoms with Gasteiger partial charge in [-0.3, -0.25) is 5.32 Å². The molecule has 4 rings (SSSR count). The molecule has 0 aliphatic heterocycles. The first-order chi connectivity index (χ1) is 16.5. The lowest BCUT2D eigenvalue weighted by atomic mass is 9.87. The van der Waals surface area contributed by atoms with Crippen molar-refractivity contribution in [3.63, 3.8) is 0 Å². The molecule has 0 saturated heterocycles. The van der Waals surface area contributed by atoms with Crippen molar-refractivity contribution < 1.29 is 18.3 Å². The largest absolute Gasteiger partial charge is 0.465 e. The third-order valence-corrected chi connectivity index (χ3v) is 5.82. The van der Waals surface area contributed by atoms with E-state index >= 15 is 4.39 Å². The first kappa shape index (κ1) is 23.3. The summed E-state index contributed by atoms with van der Waals surface area (Å²) in [7, 11) is 1.34. The van der Waals surface area contributed by atoms with Crippen molar-refractivity contribution in [1.29, 1.82) is 0 Å². The van der Waals surface area contributed by atoms with Crippen LogP contribution >= 0.6 is 0 Å². The smallest absolute Gasteiger partial charge is 0.338 e. The van der Waals surface area contributed by atoms with Gasteiger partial charge in [0.25, 0.3) is 0 Å². The molecule has 4 aromatic rings. The summed E-state index contributed by atoms with van der Waals surface area (Å²) in [5.41, 5.74) is 1.87. The molecule has 1 unspecified atom stereocenters. The van der Waals surface area contributed by atoms with Crippen molar-refractivity contribution in [3.05, 3.63) is 125 Å². The molecule has 1 N–H and O–H groups in total. The number of esters is 1. The van der Waals surface area contributed by atoms with Gasteiger partial charge in [0.1, 0.15) is 11.6 Å². The maximum atomic E-state index is 15.5. The maximum absolute atomic E-state index is 15.5. The number of ether oxygens (including phenoxy) is 1. The number of imidazole rings is 1. The highest BCUT2D eigenvalue weighted by atomic mass is 19.1. The Bertz CT molecular complexity index is 1270. The molecule has 5 nitrogen and oxygen atoms in total. The second-order valence-electron chi connectivity index (χ2n) is 7.86. The molecule has 1 atom stereocenters. The molecule has 0 aliphatic rings. The Hall–Kier alpha value is -3.84. The van der Waals surface area contributed by atoms with E-state index in [1.807, 2.05) is 19.1 Å². The lowest BCUT2D eigenvalue weighted by molar-refractivity contribution is 0.0599. The average molecular weight is 462 g/mol. The van der Waals surface area contributed by atoms with Gasteiger partial charge in [-0.15, -0.1) is 0 Å². The van der Waals surface area contributed by atoms with Crippen molar-refractivity contribution in [1.82, 2.24) is 14.9 Å². The summed E-state index contributed by atoms with van der Waals surface area (Å²) in [5.74, 6) is -1.23. The number of halogens is 2. The predicted octanol–water partition coefficient (Wildman–Crippen LogP) is 4.90. The van der Waals surface area contributed by atoms with Crippen LogP contribution in [0.5, 0.6) is 0 Å². The highest BCUT2D eigenvalue weighted by molar-refractivity contribution is 5.91. The Morgan fingerprint density at radius 3 is 2.53 bits per heavy atom. The zero-order chi connectivity index (χ0) is 24.1. The summed E-state index contributed by atoms with van der Waals surface area (Å²) in [6.45, 7) is 2.42. The molecule has 0 radical (unpaired) electrons. The molecule has 0 spiro atoms. The van der Waals surface area contributed by atoms with Crippen LogP contribution < -0.4 is 5.32 Å². The number of aromatic nitrogens is 2. The van der Waals surface area contributed by atoms with Gasteiger partial charge in [-0.25, -0.2) is 18.6 Å². The van der Waals surface area contributed by atoms with Crippen LogP contribution in [0.4, 0.5) is 8.78 Å². The average Bonchev–Trinajstić information content (AvgIpc) is 3.40. The molecule has 7 heteroatoms. The number of benzene rings is 3. The highest BCUT2D eigenvalue weighted by Gasteiger charge is 2.38. The van der Waals surface area contributed by atoms with Gasteiger partial charge >= 0.3 is 5.97 Å². The molecule has 0 amide bonds. The van der Waals surface area contributed by atoms with E-state index in [0.29, 0.717) is 29.7 Å².